The van der Waals surface area contributed by atoms with Gasteiger partial charge in [-0.05, 0) is 51.0 Å². The van der Waals surface area contributed by atoms with Gasteiger partial charge in [-0.25, -0.2) is 0 Å². The highest BCUT2D eigenvalue weighted by Gasteiger charge is 2.23. The van der Waals surface area contributed by atoms with E-state index in [1.165, 1.54) is 32.1 Å². The van der Waals surface area contributed by atoms with E-state index in [0.717, 1.165) is 17.8 Å². The van der Waals surface area contributed by atoms with Crippen LogP contribution >= 0.6 is 0 Å². The van der Waals surface area contributed by atoms with E-state index in [9.17, 15) is 0 Å². The van der Waals surface area contributed by atoms with Crippen LogP contribution in [0.2, 0.25) is 0 Å². The van der Waals surface area contributed by atoms with Crippen molar-refractivity contribution in [1.29, 1.82) is 0 Å². The van der Waals surface area contributed by atoms with Crippen molar-refractivity contribution in [3.05, 3.63) is 0 Å². The maximum atomic E-state index is 3.35. The molecule has 1 saturated carbocycles. The van der Waals surface area contributed by atoms with E-state index in [4.69, 9.17) is 0 Å². The summed E-state index contributed by atoms with van der Waals surface area (Å²) >= 11 is 0. The van der Waals surface area contributed by atoms with Gasteiger partial charge in [0.1, 0.15) is 0 Å². The lowest BCUT2D eigenvalue weighted by Gasteiger charge is -2.32. The van der Waals surface area contributed by atoms with Gasteiger partial charge in [0.2, 0.25) is 0 Å². The normalized spacial score (nSPS) is 30.6. The lowest BCUT2D eigenvalue weighted by molar-refractivity contribution is 0.208. The lowest BCUT2D eigenvalue weighted by Crippen LogP contribution is -2.27. The van der Waals surface area contributed by atoms with Gasteiger partial charge in [-0.3, -0.25) is 0 Å². The molecule has 1 atom stereocenters. The van der Waals surface area contributed by atoms with E-state index < -0.39 is 0 Å². The zero-order chi connectivity index (χ0) is 10.6. The Balaban J connectivity index is 2.22. The van der Waals surface area contributed by atoms with Gasteiger partial charge in [0, 0.05) is 6.04 Å². The van der Waals surface area contributed by atoms with E-state index in [0.29, 0.717) is 6.04 Å². The Kier molecular flexibility index (Phi) is 4.94. The largest absolute Gasteiger partial charge is 0.317 e. The van der Waals surface area contributed by atoms with Gasteiger partial charge < -0.3 is 5.32 Å². The van der Waals surface area contributed by atoms with Crippen molar-refractivity contribution in [2.45, 2.75) is 58.9 Å². The third-order valence-electron chi connectivity index (χ3n) is 4.01. The van der Waals surface area contributed by atoms with Crippen molar-refractivity contribution in [2.75, 3.05) is 7.05 Å². The molecule has 1 N–H and O–H groups in total. The van der Waals surface area contributed by atoms with Gasteiger partial charge in [0.05, 0.1) is 0 Å². The molecule has 1 aliphatic carbocycles. The van der Waals surface area contributed by atoms with E-state index >= 15 is 0 Å². The van der Waals surface area contributed by atoms with Crippen LogP contribution in [0.15, 0.2) is 0 Å². The predicted octanol–water partition coefficient (Wildman–Crippen LogP) is 3.45. The van der Waals surface area contributed by atoms with Gasteiger partial charge >= 0.3 is 0 Å². The molecule has 1 unspecified atom stereocenters. The third-order valence-corrected chi connectivity index (χ3v) is 4.01. The van der Waals surface area contributed by atoms with Gasteiger partial charge in [-0.15, -0.1) is 0 Å². The second kappa shape index (κ2) is 5.75. The van der Waals surface area contributed by atoms with Crippen LogP contribution in [0, 0.1) is 17.8 Å². The number of hydrogen-bond acceptors (Lipinski definition) is 1. The molecular weight excluding hydrogens is 170 g/mol. The first kappa shape index (κ1) is 12.0. The maximum absolute atomic E-state index is 3.35. The van der Waals surface area contributed by atoms with Crippen LogP contribution in [0.25, 0.3) is 0 Å². The molecule has 0 bridgehead atoms. The fourth-order valence-electron chi connectivity index (χ4n) is 2.71. The minimum Gasteiger partial charge on any atom is -0.317 e. The van der Waals surface area contributed by atoms with Gasteiger partial charge in [0.25, 0.3) is 0 Å². The summed E-state index contributed by atoms with van der Waals surface area (Å²) in [4.78, 5) is 0. The highest BCUT2D eigenvalue weighted by molar-refractivity contribution is 4.76. The number of rotatable bonds is 4. The third kappa shape index (κ3) is 3.61. The molecule has 1 rings (SSSR count). The maximum Gasteiger partial charge on any atom is 0.00383 e. The first-order valence-corrected chi connectivity index (χ1v) is 6.30. The molecule has 0 saturated heterocycles. The minimum absolute atomic E-state index is 0.704. The van der Waals surface area contributed by atoms with Crippen LogP contribution < -0.4 is 5.32 Å². The molecular formula is C13H27N. The van der Waals surface area contributed by atoms with Crippen LogP contribution in [0.3, 0.4) is 0 Å². The second-order valence-corrected chi connectivity index (χ2v) is 5.45. The molecule has 0 aromatic rings. The van der Waals surface area contributed by atoms with Crippen LogP contribution in [0.4, 0.5) is 0 Å². The molecule has 14 heavy (non-hydrogen) atoms. The molecule has 1 heteroatoms. The summed E-state index contributed by atoms with van der Waals surface area (Å²) in [5.74, 6) is 2.90. The van der Waals surface area contributed by atoms with E-state index in [2.05, 4.69) is 33.1 Å². The monoisotopic (exact) mass is 197 g/mol. The van der Waals surface area contributed by atoms with Gasteiger partial charge in [-0.2, -0.15) is 0 Å². The number of hydrogen-bond donors (Lipinski definition) is 1. The Bertz CT molecular complexity index is 145. The van der Waals surface area contributed by atoms with E-state index in [-0.39, 0.29) is 0 Å². The molecule has 0 aliphatic heterocycles. The van der Waals surface area contributed by atoms with Crippen molar-refractivity contribution in [1.82, 2.24) is 5.32 Å². The summed E-state index contributed by atoms with van der Waals surface area (Å²) in [7, 11) is 2.07. The Hall–Kier alpha value is -0.0400. The molecule has 0 spiro atoms. The number of nitrogens with one attached hydrogen (secondary N) is 1. The van der Waals surface area contributed by atoms with Gasteiger partial charge in [-0.1, -0.05) is 26.7 Å². The Morgan fingerprint density at radius 2 is 1.64 bits per heavy atom. The molecule has 0 aromatic heterocycles. The standard InChI is InChI=1S/C13H27N/c1-10(2)13-7-5-12(6-8-13)9-11(3)14-4/h10-14H,5-9H2,1-4H3. The molecule has 0 amide bonds. The summed E-state index contributed by atoms with van der Waals surface area (Å²) in [5.41, 5.74) is 0. The summed E-state index contributed by atoms with van der Waals surface area (Å²) in [5, 5.41) is 3.35. The fourth-order valence-corrected chi connectivity index (χ4v) is 2.71. The molecule has 0 radical (unpaired) electrons. The molecule has 1 nitrogen and oxygen atoms in total. The summed E-state index contributed by atoms with van der Waals surface area (Å²) in [6.45, 7) is 7.05. The average Bonchev–Trinajstić information content (AvgIpc) is 2.18. The van der Waals surface area contributed by atoms with Crippen molar-refractivity contribution in [2.24, 2.45) is 17.8 Å². The van der Waals surface area contributed by atoms with Crippen molar-refractivity contribution in [3.8, 4) is 0 Å². The van der Waals surface area contributed by atoms with Crippen LogP contribution in [0.5, 0.6) is 0 Å². The van der Waals surface area contributed by atoms with Crippen LogP contribution in [-0.2, 0) is 0 Å². The second-order valence-electron chi connectivity index (χ2n) is 5.45. The Morgan fingerprint density at radius 3 is 2.07 bits per heavy atom. The zero-order valence-electron chi connectivity index (χ0n) is 10.3. The van der Waals surface area contributed by atoms with Crippen molar-refractivity contribution in [3.63, 3.8) is 0 Å². The van der Waals surface area contributed by atoms with E-state index in [1.54, 1.807) is 0 Å². The first-order valence-electron chi connectivity index (χ1n) is 6.30. The Morgan fingerprint density at radius 1 is 1.07 bits per heavy atom. The highest BCUT2D eigenvalue weighted by atomic mass is 14.8. The lowest BCUT2D eigenvalue weighted by atomic mass is 9.75. The van der Waals surface area contributed by atoms with Crippen molar-refractivity contribution < 1.29 is 0 Å². The highest BCUT2D eigenvalue weighted by Crippen LogP contribution is 2.35. The molecule has 1 aliphatic rings. The quantitative estimate of drug-likeness (QED) is 0.728. The summed E-state index contributed by atoms with van der Waals surface area (Å²) in [6, 6.07) is 0.704. The van der Waals surface area contributed by atoms with Crippen LogP contribution in [-0.4, -0.2) is 13.1 Å². The Labute approximate surface area is 89.7 Å². The van der Waals surface area contributed by atoms with E-state index in [1.807, 2.05) is 0 Å². The molecule has 0 heterocycles. The minimum atomic E-state index is 0.704. The van der Waals surface area contributed by atoms with Crippen LogP contribution in [0.1, 0.15) is 52.9 Å². The molecule has 0 aromatic carbocycles. The first-order chi connectivity index (χ1) is 6.63. The molecule has 1 fully saturated rings. The van der Waals surface area contributed by atoms with Gasteiger partial charge in [0.15, 0.2) is 0 Å². The topological polar surface area (TPSA) is 12.0 Å². The smallest absolute Gasteiger partial charge is 0.00383 e. The van der Waals surface area contributed by atoms with Crippen molar-refractivity contribution >= 4 is 0 Å². The SMILES string of the molecule is CNC(C)CC1CCC(C(C)C)CC1. The fraction of sp³-hybridized carbons (Fsp3) is 1.00. The summed E-state index contributed by atoms with van der Waals surface area (Å²) < 4.78 is 0. The predicted molar refractivity (Wildman–Crippen MR) is 63.4 cm³/mol. The summed E-state index contributed by atoms with van der Waals surface area (Å²) in [6.07, 6.45) is 7.25. The average molecular weight is 197 g/mol. The zero-order valence-corrected chi connectivity index (χ0v) is 10.3. The molecule has 84 valence electrons.